The van der Waals surface area contributed by atoms with Crippen molar-refractivity contribution in [1.29, 1.82) is 0 Å². The molecular formula is C14H18Cl2Ti. The fourth-order valence-electron chi connectivity index (χ4n) is 1.36. The fraction of sp³-hybridized carbons (Fsp3) is 0.429. The van der Waals surface area contributed by atoms with Crippen LogP contribution in [0.15, 0.2) is 34.9 Å². The summed E-state index contributed by atoms with van der Waals surface area (Å²) in [5.74, 6) is 0.556. The molecule has 0 heterocycles. The van der Waals surface area contributed by atoms with Gasteiger partial charge in [0.05, 0.1) is 0 Å². The molecule has 92 valence electrons. The van der Waals surface area contributed by atoms with Crippen molar-refractivity contribution in [3.8, 4) is 0 Å². The number of hydrogen-bond donors (Lipinski definition) is 0. The largest absolute Gasteiger partial charge is 4.00 e. The third-order valence-electron chi connectivity index (χ3n) is 2.45. The molecule has 0 N–H and O–H groups in total. The third kappa shape index (κ3) is 8.91. The van der Waals surface area contributed by atoms with Crippen molar-refractivity contribution in [2.45, 2.75) is 34.1 Å². The Labute approximate surface area is 133 Å². The SMILES string of the molecule is CC1=C(C)C[C-]=C1.CC1=[C-]C(C)C=C1.[Cl-].[Cl-].[Ti+4]. The van der Waals surface area contributed by atoms with Crippen LogP contribution in [0, 0.1) is 18.1 Å². The maximum Gasteiger partial charge on any atom is 4.00 e. The molecule has 0 radical (unpaired) electrons. The molecule has 0 nitrogen and oxygen atoms in total. The van der Waals surface area contributed by atoms with Gasteiger partial charge in [0.1, 0.15) is 0 Å². The molecule has 0 fully saturated rings. The second-order valence-electron chi connectivity index (χ2n) is 3.96. The minimum atomic E-state index is 0. The standard InChI is InChI=1S/2C7H9.2ClH.Ti/c1-6-3-4-7(2)5-6;1-6-4-3-5-7(6)2;;;/h3-4,6H,1-2H3;4H,5H2,1-2H3;2*1H;/q2*-1;;;+4/p-2. The summed E-state index contributed by atoms with van der Waals surface area (Å²) in [6, 6.07) is 0. The van der Waals surface area contributed by atoms with E-state index in [0.717, 1.165) is 6.42 Å². The molecule has 0 aliphatic heterocycles. The Hall–Kier alpha value is 0.254. The van der Waals surface area contributed by atoms with E-state index in [1.54, 1.807) is 0 Å². The molecule has 17 heavy (non-hydrogen) atoms. The smallest absolute Gasteiger partial charge is 1.00 e. The van der Waals surface area contributed by atoms with E-state index in [-0.39, 0.29) is 46.5 Å². The Morgan fingerprint density at radius 1 is 1.18 bits per heavy atom. The number of hydrogen-bond acceptors (Lipinski definition) is 0. The molecule has 2 aliphatic rings. The quantitative estimate of drug-likeness (QED) is 0.360. The van der Waals surface area contributed by atoms with Gasteiger partial charge in [0.2, 0.25) is 0 Å². The first-order valence-electron chi connectivity index (χ1n) is 5.11. The predicted octanol–water partition coefficient (Wildman–Crippen LogP) is -1.97. The van der Waals surface area contributed by atoms with Crippen molar-refractivity contribution in [3.63, 3.8) is 0 Å². The van der Waals surface area contributed by atoms with Crippen LogP contribution < -0.4 is 24.8 Å². The number of rotatable bonds is 0. The Bertz CT molecular complexity index is 325. The Kier molecular flexibility index (Phi) is 15.0. The minimum absolute atomic E-state index is 0. The summed E-state index contributed by atoms with van der Waals surface area (Å²) in [6.45, 7) is 8.47. The predicted molar refractivity (Wildman–Crippen MR) is 61.5 cm³/mol. The average Bonchev–Trinajstić information content (AvgIpc) is 2.65. The van der Waals surface area contributed by atoms with Crippen LogP contribution in [-0.4, -0.2) is 0 Å². The van der Waals surface area contributed by atoms with E-state index in [2.05, 4.69) is 58.1 Å². The molecule has 1 atom stereocenters. The zero-order valence-corrected chi connectivity index (χ0v) is 13.8. The van der Waals surface area contributed by atoms with E-state index >= 15 is 0 Å². The molecule has 0 spiro atoms. The zero-order chi connectivity index (χ0) is 10.6. The molecule has 0 saturated heterocycles. The van der Waals surface area contributed by atoms with Crippen molar-refractivity contribution < 1.29 is 46.5 Å². The maximum atomic E-state index is 3.22. The number of halogens is 2. The Morgan fingerprint density at radius 3 is 1.88 bits per heavy atom. The van der Waals surface area contributed by atoms with Gasteiger partial charge in [-0.1, -0.05) is 26.7 Å². The van der Waals surface area contributed by atoms with Crippen molar-refractivity contribution >= 4 is 0 Å². The second kappa shape index (κ2) is 11.4. The first-order chi connectivity index (χ1) is 6.59. The summed E-state index contributed by atoms with van der Waals surface area (Å²) in [4.78, 5) is 0. The van der Waals surface area contributed by atoms with Crippen molar-refractivity contribution in [2.75, 3.05) is 0 Å². The van der Waals surface area contributed by atoms with E-state index < -0.39 is 0 Å². The average molecular weight is 305 g/mol. The van der Waals surface area contributed by atoms with Crippen LogP contribution in [0.3, 0.4) is 0 Å². The maximum absolute atomic E-state index is 3.22. The van der Waals surface area contributed by atoms with Gasteiger partial charge in [0, 0.05) is 0 Å². The molecule has 0 aromatic heterocycles. The zero-order valence-electron chi connectivity index (χ0n) is 10.8. The van der Waals surface area contributed by atoms with Gasteiger partial charge in [-0.3, -0.25) is 12.2 Å². The van der Waals surface area contributed by atoms with Gasteiger partial charge in [-0.25, -0.2) is 23.3 Å². The van der Waals surface area contributed by atoms with E-state index in [0.29, 0.717) is 5.92 Å². The van der Waals surface area contributed by atoms with Gasteiger partial charge < -0.3 is 24.8 Å². The summed E-state index contributed by atoms with van der Waals surface area (Å²) in [5, 5.41) is 0. The van der Waals surface area contributed by atoms with Gasteiger partial charge >= 0.3 is 21.7 Å². The molecule has 2 rings (SSSR count). The van der Waals surface area contributed by atoms with Crippen molar-refractivity contribution in [1.82, 2.24) is 0 Å². The topological polar surface area (TPSA) is 0 Å². The molecule has 2 aliphatic carbocycles. The Morgan fingerprint density at radius 2 is 1.76 bits per heavy atom. The summed E-state index contributed by atoms with van der Waals surface area (Å²) in [7, 11) is 0. The third-order valence-corrected chi connectivity index (χ3v) is 2.45. The van der Waals surface area contributed by atoms with Gasteiger partial charge in [0.25, 0.3) is 0 Å². The molecule has 0 amide bonds. The summed E-state index contributed by atoms with van der Waals surface area (Å²) >= 11 is 0. The van der Waals surface area contributed by atoms with Crippen LogP contribution in [0.1, 0.15) is 34.1 Å². The van der Waals surface area contributed by atoms with Gasteiger partial charge in [0.15, 0.2) is 0 Å². The first kappa shape index (κ1) is 22.4. The van der Waals surface area contributed by atoms with Crippen molar-refractivity contribution in [2.24, 2.45) is 5.92 Å². The molecule has 1 unspecified atom stereocenters. The summed E-state index contributed by atoms with van der Waals surface area (Å²) in [6.07, 6.45) is 13.7. The van der Waals surface area contributed by atoms with Gasteiger partial charge in [-0.2, -0.15) is 11.6 Å². The van der Waals surface area contributed by atoms with Crippen LogP contribution in [0.4, 0.5) is 0 Å². The second-order valence-corrected chi connectivity index (χ2v) is 3.96. The van der Waals surface area contributed by atoms with Crippen LogP contribution in [0.2, 0.25) is 0 Å². The van der Waals surface area contributed by atoms with E-state index in [4.69, 9.17) is 0 Å². The Balaban J connectivity index is -0.000000196. The van der Waals surface area contributed by atoms with E-state index in [9.17, 15) is 0 Å². The van der Waals surface area contributed by atoms with Crippen LogP contribution in [-0.2, 0) is 21.7 Å². The first-order valence-corrected chi connectivity index (χ1v) is 5.11. The van der Waals surface area contributed by atoms with Gasteiger partial charge in [-0.15, -0.1) is 13.3 Å². The van der Waals surface area contributed by atoms with E-state index in [1.807, 2.05) is 0 Å². The molecule has 0 aromatic rings. The summed E-state index contributed by atoms with van der Waals surface area (Å²) < 4.78 is 0. The molecular weight excluding hydrogens is 287 g/mol. The minimum Gasteiger partial charge on any atom is -1.00 e. The molecule has 0 aromatic carbocycles. The fourth-order valence-corrected chi connectivity index (χ4v) is 1.36. The monoisotopic (exact) mass is 304 g/mol. The van der Waals surface area contributed by atoms with Crippen LogP contribution in [0.25, 0.3) is 0 Å². The number of allylic oxidation sites excluding steroid dienone is 8. The van der Waals surface area contributed by atoms with Crippen LogP contribution in [0.5, 0.6) is 0 Å². The van der Waals surface area contributed by atoms with Crippen LogP contribution >= 0.6 is 0 Å². The summed E-state index contributed by atoms with van der Waals surface area (Å²) in [5.41, 5.74) is 4.12. The van der Waals surface area contributed by atoms with E-state index in [1.165, 1.54) is 16.7 Å². The molecule has 0 bridgehead atoms. The normalized spacial score (nSPS) is 19.5. The van der Waals surface area contributed by atoms with Crippen molar-refractivity contribution in [3.05, 3.63) is 47.1 Å². The molecule has 3 heteroatoms. The van der Waals surface area contributed by atoms with Gasteiger partial charge in [-0.05, 0) is 0 Å². The molecule has 0 saturated carbocycles.